The Morgan fingerprint density at radius 1 is 1.71 bits per heavy atom. The summed E-state index contributed by atoms with van der Waals surface area (Å²) in [5.41, 5.74) is 5.87. The Balaban J connectivity index is 1.89. The zero-order valence-electron chi connectivity index (χ0n) is 8.03. The van der Waals surface area contributed by atoms with E-state index in [0.29, 0.717) is 17.7 Å². The summed E-state index contributed by atoms with van der Waals surface area (Å²) in [6.45, 7) is 2.68. The maximum absolute atomic E-state index is 6.00. The Bertz CT molecular complexity index is 327. The molecule has 0 unspecified atom stereocenters. The standard InChI is InChI=1S/C10H13ClN2O/c1-7-4-10(7,12)6-14-8-2-3-9(11)13-5-8/h2-3,5,7H,4,6,12H2,1H3/t7-,10+/m1/s1. The molecular formula is C10H13ClN2O. The Morgan fingerprint density at radius 2 is 2.43 bits per heavy atom. The second-order valence-electron chi connectivity index (χ2n) is 3.94. The molecule has 76 valence electrons. The summed E-state index contributed by atoms with van der Waals surface area (Å²) in [5, 5.41) is 0.472. The van der Waals surface area contributed by atoms with Gasteiger partial charge in [0.25, 0.3) is 0 Å². The molecule has 0 spiro atoms. The van der Waals surface area contributed by atoms with Crippen LogP contribution < -0.4 is 10.5 Å². The van der Waals surface area contributed by atoms with Gasteiger partial charge in [-0.15, -0.1) is 0 Å². The molecule has 1 aromatic rings. The van der Waals surface area contributed by atoms with Crippen molar-refractivity contribution in [2.75, 3.05) is 6.61 Å². The fourth-order valence-corrected chi connectivity index (χ4v) is 1.49. The molecule has 2 atom stereocenters. The van der Waals surface area contributed by atoms with Crippen LogP contribution in [0, 0.1) is 5.92 Å². The predicted octanol–water partition coefficient (Wildman–Crippen LogP) is 1.85. The molecule has 1 aliphatic carbocycles. The van der Waals surface area contributed by atoms with E-state index in [4.69, 9.17) is 22.1 Å². The Kier molecular flexibility index (Phi) is 2.37. The monoisotopic (exact) mass is 212 g/mol. The normalized spacial score (nSPS) is 30.1. The first-order valence-electron chi connectivity index (χ1n) is 4.63. The fraction of sp³-hybridized carbons (Fsp3) is 0.500. The van der Waals surface area contributed by atoms with E-state index >= 15 is 0 Å². The van der Waals surface area contributed by atoms with Gasteiger partial charge in [-0.1, -0.05) is 18.5 Å². The lowest BCUT2D eigenvalue weighted by molar-refractivity contribution is 0.270. The third kappa shape index (κ3) is 1.99. The van der Waals surface area contributed by atoms with Crippen molar-refractivity contribution in [2.45, 2.75) is 18.9 Å². The van der Waals surface area contributed by atoms with E-state index in [1.54, 1.807) is 18.3 Å². The molecule has 0 saturated heterocycles. The lowest BCUT2D eigenvalue weighted by atomic mass is 10.2. The lowest BCUT2D eigenvalue weighted by Gasteiger charge is -2.11. The fourth-order valence-electron chi connectivity index (χ4n) is 1.38. The van der Waals surface area contributed by atoms with Gasteiger partial charge in [0.1, 0.15) is 17.5 Å². The Morgan fingerprint density at radius 3 is 2.93 bits per heavy atom. The minimum atomic E-state index is -0.125. The van der Waals surface area contributed by atoms with Crippen LogP contribution in [0.2, 0.25) is 5.15 Å². The van der Waals surface area contributed by atoms with Crippen molar-refractivity contribution in [3.05, 3.63) is 23.5 Å². The van der Waals surface area contributed by atoms with Crippen molar-refractivity contribution >= 4 is 11.6 Å². The number of rotatable bonds is 3. The van der Waals surface area contributed by atoms with Gasteiger partial charge in [0, 0.05) is 0 Å². The summed E-state index contributed by atoms with van der Waals surface area (Å²) < 4.78 is 5.51. The molecule has 0 aliphatic heterocycles. The number of nitrogens with zero attached hydrogens (tertiary/aromatic N) is 1. The molecule has 0 aromatic carbocycles. The summed E-state index contributed by atoms with van der Waals surface area (Å²) in [6, 6.07) is 3.50. The van der Waals surface area contributed by atoms with Gasteiger partial charge in [0.05, 0.1) is 11.7 Å². The molecule has 14 heavy (non-hydrogen) atoms. The molecule has 2 rings (SSSR count). The van der Waals surface area contributed by atoms with Gasteiger partial charge >= 0.3 is 0 Å². The molecule has 1 aliphatic rings. The molecule has 0 radical (unpaired) electrons. The molecule has 4 heteroatoms. The van der Waals surface area contributed by atoms with E-state index in [2.05, 4.69) is 11.9 Å². The van der Waals surface area contributed by atoms with E-state index in [1.807, 2.05) is 0 Å². The molecule has 2 N–H and O–H groups in total. The lowest BCUT2D eigenvalue weighted by Crippen LogP contribution is -2.32. The first-order valence-corrected chi connectivity index (χ1v) is 5.01. The number of pyridine rings is 1. The SMILES string of the molecule is C[C@@H]1C[C@]1(N)COc1ccc(Cl)nc1. The van der Waals surface area contributed by atoms with Gasteiger partial charge in [-0.25, -0.2) is 4.98 Å². The maximum Gasteiger partial charge on any atom is 0.137 e. The minimum absolute atomic E-state index is 0.125. The first-order chi connectivity index (χ1) is 6.60. The smallest absolute Gasteiger partial charge is 0.137 e. The van der Waals surface area contributed by atoms with Crippen molar-refractivity contribution < 1.29 is 4.74 Å². The number of hydrogen-bond acceptors (Lipinski definition) is 3. The highest BCUT2D eigenvalue weighted by Crippen LogP contribution is 2.40. The Labute approximate surface area is 88.2 Å². The van der Waals surface area contributed by atoms with Crippen LogP contribution in [0.25, 0.3) is 0 Å². The highest BCUT2D eigenvalue weighted by atomic mass is 35.5. The van der Waals surface area contributed by atoms with Crippen LogP contribution in [0.1, 0.15) is 13.3 Å². The zero-order valence-corrected chi connectivity index (χ0v) is 8.79. The average molecular weight is 213 g/mol. The zero-order chi connectivity index (χ0) is 10.2. The van der Waals surface area contributed by atoms with Crippen LogP contribution in [0.3, 0.4) is 0 Å². The highest BCUT2D eigenvalue weighted by Gasteiger charge is 2.48. The van der Waals surface area contributed by atoms with Crippen molar-refractivity contribution in [3.8, 4) is 5.75 Å². The van der Waals surface area contributed by atoms with Crippen LogP contribution in [0.5, 0.6) is 5.75 Å². The van der Waals surface area contributed by atoms with Crippen LogP contribution in [0.15, 0.2) is 18.3 Å². The average Bonchev–Trinajstić information content (AvgIpc) is 2.74. The van der Waals surface area contributed by atoms with Crippen LogP contribution in [-0.2, 0) is 0 Å². The number of ether oxygens (including phenoxy) is 1. The quantitative estimate of drug-likeness (QED) is 0.778. The van der Waals surface area contributed by atoms with Gasteiger partial charge in [-0.3, -0.25) is 0 Å². The van der Waals surface area contributed by atoms with Crippen molar-refractivity contribution in [1.29, 1.82) is 0 Å². The second kappa shape index (κ2) is 3.41. The van der Waals surface area contributed by atoms with Crippen molar-refractivity contribution in [1.82, 2.24) is 4.98 Å². The van der Waals surface area contributed by atoms with E-state index in [0.717, 1.165) is 12.2 Å². The van der Waals surface area contributed by atoms with Gasteiger partial charge < -0.3 is 10.5 Å². The molecule has 1 heterocycles. The summed E-state index contributed by atoms with van der Waals surface area (Å²) >= 11 is 5.65. The molecule has 3 nitrogen and oxygen atoms in total. The molecule has 0 bridgehead atoms. The Hall–Kier alpha value is -0.800. The van der Waals surface area contributed by atoms with Gasteiger partial charge in [-0.2, -0.15) is 0 Å². The van der Waals surface area contributed by atoms with Gasteiger partial charge in [0.15, 0.2) is 0 Å². The molecule has 0 amide bonds. The number of aromatic nitrogens is 1. The van der Waals surface area contributed by atoms with E-state index < -0.39 is 0 Å². The summed E-state index contributed by atoms with van der Waals surface area (Å²) in [7, 11) is 0. The number of hydrogen-bond donors (Lipinski definition) is 1. The van der Waals surface area contributed by atoms with Crippen LogP contribution >= 0.6 is 11.6 Å². The third-order valence-electron chi connectivity index (χ3n) is 2.72. The first kappa shape index (κ1) is 9.74. The van der Waals surface area contributed by atoms with Crippen molar-refractivity contribution in [2.24, 2.45) is 11.7 Å². The molecule has 1 aromatic heterocycles. The van der Waals surface area contributed by atoms with Crippen LogP contribution in [0.4, 0.5) is 0 Å². The highest BCUT2D eigenvalue weighted by molar-refractivity contribution is 6.29. The largest absolute Gasteiger partial charge is 0.490 e. The topological polar surface area (TPSA) is 48.1 Å². The van der Waals surface area contributed by atoms with E-state index in [9.17, 15) is 0 Å². The van der Waals surface area contributed by atoms with E-state index in [1.165, 1.54) is 0 Å². The molecular weight excluding hydrogens is 200 g/mol. The second-order valence-corrected chi connectivity index (χ2v) is 4.33. The molecule has 1 fully saturated rings. The molecule has 1 saturated carbocycles. The van der Waals surface area contributed by atoms with Gasteiger partial charge in [0.2, 0.25) is 0 Å². The van der Waals surface area contributed by atoms with Crippen LogP contribution in [-0.4, -0.2) is 17.1 Å². The van der Waals surface area contributed by atoms with Crippen molar-refractivity contribution in [3.63, 3.8) is 0 Å². The summed E-state index contributed by atoms with van der Waals surface area (Å²) in [4.78, 5) is 3.92. The predicted molar refractivity (Wildman–Crippen MR) is 55.4 cm³/mol. The summed E-state index contributed by atoms with van der Waals surface area (Å²) in [5.74, 6) is 1.28. The number of nitrogens with two attached hydrogens (primary N) is 1. The number of halogens is 1. The van der Waals surface area contributed by atoms with E-state index in [-0.39, 0.29) is 5.54 Å². The third-order valence-corrected chi connectivity index (χ3v) is 2.94. The summed E-state index contributed by atoms with van der Waals surface area (Å²) in [6.07, 6.45) is 2.65. The van der Waals surface area contributed by atoms with Gasteiger partial charge in [-0.05, 0) is 24.5 Å². The maximum atomic E-state index is 6.00. The minimum Gasteiger partial charge on any atom is -0.490 e.